The van der Waals surface area contributed by atoms with Gasteiger partial charge in [0.2, 0.25) is 5.75 Å². The van der Waals surface area contributed by atoms with Crippen LogP contribution in [-0.2, 0) is 0 Å². The summed E-state index contributed by atoms with van der Waals surface area (Å²) in [6, 6.07) is 2.10. The Morgan fingerprint density at radius 3 is 2.29 bits per heavy atom. The molecule has 8 heteroatoms. The van der Waals surface area contributed by atoms with Gasteiger partial charge in [0.05, 0.1) is 4.92 Å². The van der Waals surface area contributed by atoms with E-state index in [4.69, 9.17) is 0 Å². The van der Waals surface area contributed by atoms with Crippen LogP contribution in [0.25, 0.3) is 0 Å². The van der Waals surface area contributed by atoms with E-state index in [0.717, 1.165) is 38.1 Å². The zero-order valence-corrected chi connectivity index (χ0v) is 14.3. The first-order valence-electron chi connectivity index (χ1n) is 7.95. The lowest BCUT2D eigenvalue weighted by atomic mass is 10.0. The minimum absolute atomic E-state index is 0. The summed E-state index contributed by atoms with van der Waals surface area (Å²) in [7, 11) is 0. The zero-order valence-electron chi connectivity index (χ0n) is 13.4. The van der Waals surface area contributed by atoms with Gasteiger partial charge >= 0.3 is 5.69 Å². The van der Waals surface area contributed by atoms with Crippen LogP contribution in [0, 0.1) is 10.1 Å². The predicted octanol–water partition coefficient (Wildman–Crippen LogP) is 3.27. The number of rotatable bonds is 5. The molecule has 134 valence electrons. The lowest BCUT2D eigenvalue weighted by Gasteiger charge is -2.24. The number of carbonyl (C=O) groups is 1. The molecule has 0 saturated carbocycles. The van der Waals surface area contributed by atoms with Gasteiger partial charge in [-0.05, 0) is 32.0 Å². The second kappa shape index (κ2) is 9.44. The smallest absolute Gasteiger partial charge is 0.315 e. The van der Waals surface area contributed by atoms with Gasteiger partial charge in [-0.3, -0.25) is 14.9 Å². The number of nitrogens with zero attached hydrogens (tertiary/aromatic N) is 2. The van der Waals surface area contributed by atoms with Gasteiger partial charge in [0.25, 0.3) is 0 Å². The van der Waals surface area contributed by atoms with E-state index in [9.17, 15) is 25.1 Å². The van der Waals surface area contributed by atoms with E-state index in [1.165, 1.54) is 19.3 Å². The van der Waals surface area contributed by atoms with Gasteiger partial charge in [-0.2, -0.15) is 0 Å². The van der Waals surface area contributed by atoms with Crippen molar-refractivity contribution in [1.82, 2.24) is 4.90 Å². The number of carbonyl (C=O) groups excluding carboxylic acids is 1. The Bertz CT molecular complexity index is 586. The van der Waals surface area contributed by atoms with E-state index in [-0.39, 0.29) is 30.2 Å². The fourth-order valence-electron chi connectivity index (χ4n) is 2.84. The molecular weight excluding hydrogens is 336 g/mol. The lowest BCUT2D eigenvalue weighted by Crippen LogP contribution is -2.29. The van der Waals surface area contributed by atoms with E-state index >= 15 is 0 Å². The summed E-state index contributed by atoms with van der Waals surface area (Å²) in [5.41, 5.74) is -0.598. The molecular formula is C16H23ClN2O5. The van der Waals surface area contributed by atoms with Gasteiger partial charge in [-0.15, -0.1) is 12.4 Å². The number of halogens is 1. The number of likely N-dealkylation sites (tertiary alicyclic amines) is 1. The minimum Gasteiger partial charge on any atom is -0.504 e. The molecule has 7 nitrogen and oxygen atoms in total. The van der Waals surface area contributed by atoms with Crippen LogP contribution in [0.1, 0.15) is 48.9 Å². The van der Waals surface area contributed by atoms with E-state index < -0.39 is 22.1 Å². The van der Waals surface area contributed by atoms with Crippen molar-refractivity contribution in [3.63, 3.8) is 0 Å². The van der Waals surface area contributed by atoms with Crippen molar-refractivity contribution in [2.24, 2.45) is 0 Å². The maximum Gasteiger partial charge on any atom is 0.315 e. The topological polar surface area (TPSA) is 104 Å². The number of nitro benzene ring substituents is 1. The highest BCUT2D eigenvalue weighted by Crippen LogP contribution is 2.36. The summed E-state index contributed by atoms with van der Waals surface area (Å²) in [5, 5.41) is 29.8. The number of nitro groups is 1. The third kappa shape index (κ3) is 5.35. The number of hydrogen-bond acceptors (Lipinski definition) is 6. The van der Waals surface area contributed by atoms with Crippen molar-refractivity contribution < 1.29 is 19.9 Å². The number of phenolic OH excluding ortho intramolecular Hbond substituents is 2. The molecule has 0 spiro atoms. The highest BCUT2D eigenvalue weighted by Gasteiger charge is 2.21. The second-order valence-corrected chi connectivity index (χ2v) is 5.90. The summed E-state index contributed by atoms with van der Waals surface area (Å²) in [4.78, 5) is 24.5. The Kier molecular flexibility index (Phi) is 7.94. The molecule has 0 unspecified atom stereocenters. The number of hydrogen-bond donors (Lipinski definition) is 2. The lowest BCUT2D eigenvalue weighted by molar-refractivity contribution is -0.386. The predicted molar refractivity (Wildman–Crippen MR) is 92.1 cm³/mol. The molecule has 0 aromatic heterocycles. The van der Waals surface area contributed by atoms with Crippen molar-refractivity contribution in [1.29, 1.82) is 0 Å². The summed E-state index contributed by atoms with van der Waals surface area (Å²) >= 11 is 0. The normalized spacial score (nSPS) is 15.8. The summed E-state index contributed by atoms with van der Waals surface area (Å²) < 4.78 is 0. The Morgan fingerprint density at radius 2 is 1.71 bits per heavy atom. The quantitative estimate of drug-likeness (QED) is 0.362. The Labute approximate surface area is 146 Å². The van der Waals surface area contributed by atoms with Crippen LogP contribution in [0.3, 0.4) is 0 Å². The van der Waals surface area contributed by atoms with Crippen LogP contribution in [0.5, 0.6) is 11.5 Å². The van der Waals surface area contributed by atoms with E-state index in [2.05, 4.69) is 4.90 Å². The first kappa shape index (κ1) is 20.2. The van der Waals surface area contributed by atoms with Crippen LogP contribution in [0.2, 0.25) is 0 Å². The number of phenols is 2. The third-order valence-corrected chi connectivity index (χ3v) is 4.19. The largest absolute Gasteiger partial charge is 0.504 e. The number of ketones is 1. The van der Waals surface area contributed by atoms with Gasteiger partial charge in [0, 0.05) is 24.6 Å². The van der Waals surface area contributed by atoms with Crippen molar-refractivity contribution in [3.05, 3.63) is 27.8 Å². The molecule has 0 amide bonds. The molecule has 1 fully saturated rings. The van der Waals surface area contributed by atoms with Gasteiger partial charge < -0.3 is 15.1 Å². The summed E-state index contributed by atoms with van der Waals surface area (Å²) in [5.74, 6) is -1.73. The van der Waals surface area contributed by atoms with Crippen molar-refractivity contribution >= 4 is 23.9 Å². The fourth-order valence-corrected chi connectivity index (χ4v) is 2.84. The molecule has 1 aromatic rings. The average Bonchev–Trinajstić information content (AvgIpc) is 2.48. The molecule has 0 atom stereocenters. The van der Waals surface area contributed by atoms with Crippen LogP contribution in [0.15, 0.2) is 12.1 Å². The van der Waals surface area contributed by atoms with E-state index in [1.807, 2.05) is 0 Å². The molecule has 1 saturated heterocycles. The van der Waals surface area contributed by atoms with Crippen molar-refractivity contribution in [3.8, 4) is 11.5 Å². The molecule has 0 bridgehead atoms. The zero-order chi connectivity index (χ0) is 16.8. The van der Waals surface area contributed by atoms with Crippen LogP contribution < -0.4 is 0 Å². The summed E-state index contributed by atoms with van der Waals surface area (Å²) in [6.45, 7) is 2.54. The standard InChI is InChI=1S/C16H22N2O5.ClH/c19-14(6-9-17-7-4-2-1-3-5-8-17)12-10-13(18(22)23)16(21)15(20)11-12;/h10-11,20-21H,1-9H2;1H. The minimum atomic E-state index is -0.815. The average molecular weight is 359 g/mol. The third-order valence-electron chi connectivity index (χ3n) is 4.19. The Morgan fingerprint density at radius 1 is 1.12 bits per heavy atom. The van der Waals surface area contributed by atoms with Gasteiger partial charge in [0.15, 0.2) is 11.5 Å². The highest BCUT2D eigenvalue weighted by molar-refractivity contribution is 5.97. The molecule has 1 aliphatic heterocycles. The fraction of sp³-hybridized carbons (Fsp3) is 0.562. The van der Waals surface area contributed by atoms with Crippen LogP contribution in [0.4, 0.5) is 5.69 Å². The first-order valence-corrected chi connectivity index (χ1v) is 7.95. The van der Waals surface area contributed by atoms with E-state index in [1.54, 1.807) is 0 Å². The van der Waals surface area contributed by atoms with Gasteiger partial charge in [0.1, 0.15) is 0 Å². The number of Topliss-reactive ketones (excluding diaryl/α,β-unsaturated/α-hetero) is 1. The number of aromatic hydroxyl groups is 2. The van der Waals surface area contributed by atoms with Crippen molar-refractivity contribution in [2.45, 2.75) is 38.5 Å². The van der Waals surface area contributed by atoms with Crippen molar-refractivity contribution in [2.75, 3.05) is 19.6 Å². The molecule has 2 rings (SSSR count). The SMILES string of the molecule is Cl.O=C(CCN1CCCCCCC1)c1cc(O)c(O)c([N+](=O)[O-])c1. The van der Waals surface area contributed by atoms with E-state index in [0.29, 0.717) is 6.54 Å². The molecule has 0 aliphatic carbocycles. The number of benzene rings is 1. The maximum atomic E-state index is 12.2. The molecule has 0 radical (unpaired) electrons. The monoisotopic (exact) mass is 358 g/mol. The Balaban J connectivity index is 0.00000288. The second-order valence-electron chi connectivity index (χ2n) is 5.90. The Hall–Kier alpha value is -1.86. The van der Waals surface area contributed by atoms with Gasteiger partial charge in [-0.25, -0.2) is 0 Å². The molecule has 1 aliphatic rings. The van der Waals surface area contributed by atoms with Crippen LogP contribution in [-0.4, -0.2) is 45.5 Å². The summed E-state index contributed by atoms with van der Waals surface area (Å²) in [6.07, 6.45) is 6.18. The highest BCUT2D eigenvalue weighted by atomic mass is 35.5. The molecule has 2 N–H and O–H groups in total. The molecule has 24 heavy (non-hydrogen) atoms. The maximum absolute atomic E-state index is 12.2. The van der Waals surface area contributed by atoms with Crippen LogP contribution >= 0.6 is 12.4 Å². The molecule has 1 heterocycles. The van der Waals surface area contributed by atoms with Gasteiger partial charge in [-0.1, -0.05) is 19.3 Å². The molecule has 1 aromatic carbocycles. The first-order chi connectivity index (χ1) is 11.0.